The first-order valence-electron chi connectivity index (χ1n) is 9.98. The summed E-state index contributed by atoms with van der Waals surface area (Å²) in [5.41, 5.74) is 1.23. The van der Waals surface area contributed by atoms with Crippen LogP contribution in [-0.2, 0) is 4.79 Å². The van der Waals surface area contributed by atoms with Crippen molar-refractivity contribution in [1.82, 2.24) is 24.3 Å². The van der Waals surface area contributed by atoms with Gasteiger partial charge in [-0.05, 0) is 38.0 Å². The molecule has 8 nitrogen and oxygen atoms in total. The van der Waals surface area contributed by atoms with Crippen LogP contribution >= 0.6 is 0 Å². The van der Waals surface area contributed by atoms with Crippen molar-refractivity contribution in [3.05, 3.63) is 42.6 Å². The number of carbonyl (C=O) groups is 1. The predicted molar refractivity (Wildman–Crippen MR) is 109 cm³/mol. The Morgan fingerprint density at radius 2 is 2.23 bits per heavy atom. The topological polar surface area (TPSA) is 90.4 Å². The highest BCUT2D eigenvalue weighted by Crippen LogP contribution is 2.24. The summed E-state index contributed by atoms with van der Waals surface area (Å²) in [6.07, 6.45) is 6.40. The Morgan fingerprint density at radius 1 is 1.37 bits per heavy atom. The molecule has 3 aromatic heterocycles. The fraction of sp³-hybridized carbons (Fsp3) is 0.381. The molecule has 1 atom stereocenters. The van der Waals surface area contributed by atoms with Crippen molar-refractivity contribution in [1.29, 1.82) is 5.26 Å². The number of imidazole rings is 1. The third-order valence-electron chi connectivity index (χ3n) is 5.39. The van der Waals surface area contributed by atoms with Gasteiger partial charge in [0.15, 0.2) is 5.82 Å². The van der Waals surface area contributed by atoms with E-state index in [0.717, 1.165) is 18.7 Å². The van der Waals surface area contributed by atoms with Crippen molar-refractivity contribution in [3.63, 3.8) is 0 Å². The van der Waals surface area contributed by atoms with Crippen molar-refractivity contribution in [2.45, 2.75) is 32.2 Å². The minimum atomic E-state index is -0.363. The summed E-state index contributed by atoms with van der Waals surface area (Å²) >= 11 is 0. The van der Waals surface area contributed by atoms with Gasteiger partial charge >= 0.3 is 0 Å². The molecule has 0 N–H and O–H groups in total. The largest absolute Gasteiger partial charge is 0.352 e. The number of hydrogen-bond acceptors (Lipinski definition) is 6. The maximum absolute atomic E-state index is 13.7. The summed E-state index contributed by atoms with van der Waals surface area (Å²) in [6.45, 7) is 4.00. The summed E-state index contributed by atoms with van der Waals surface area (Å²) < 4.78 is 15.4. The van der Waals surface area contributed by atoms with Crippen molar-refractivity contribution in [2.75, 3.05) is 24.5 Å². The number of hydrogen-bond donors (Lipinski definition) is 0. The molecule has 0 aliphatic carbocycles. The van der Waals surface area contributed by atoms with Gasteiger partial charge in [0, 0.05) is 38.1 Å². The zero-order valence-corrected chi connectivity index (χ0v) is 16.7. The number of rotatable bonds is 5. The van der Waals surface area contributed by atoms with E-state index in [1.807, 2.05) is 19.1 Å². The molecule has 9 heteroatoms. The van der Waals surface area contributed by atoms with E-state index in [0.29, 0.717) is 36.8 Å². The van der Waals surface area contributed by atoms with E-state index in [-0.39, 0.29) is 24.2 Å². The van der Waals surface area contributed by atoms with Crippen molar-refractivity contribution in [2.24, 2.45) is 0 Å². The predicted octanol–water partition coefficient (Wildman–Crippen LogP) is 2.66. The number of nitrogens with zero attached hydrogens (tertiary/aromatic N) is 7. The highest BCUT2D eigenvalue weighted by molar-refractivity contribution is 5.78. The van der Waals surface area contributed by atoms with Crippen LogP contribution in [0.4, 0.5) is 10.2 Å². The zero-order valence-electron chi connectivity index (χ0n) is 16.7. The van der Waals surface area contributed by atoms with Crippen molar-refractivity contribution >= 4 is 17.4 Å². The lowest BCUT2D eigenvalue weighted by atomic mass is 10.0. The molecule has 154 valence electrons. The second kappa shape index (κ2) is 8.45. The molecule has 0 spiro atoms. The molecule has 1 aliphatic heterocycles. The summed E-state index contributed by atoms with van der Waals surface area (Å²) in [6, 6.07) is 6.85. The quantitative estimate of drug-likeness (QED) is 0.646. The molecule has 1 aliphatic rings. The molecule has 0 aromatic carbocycles. The Hall–Kier alpha value is -3.54. The lowest BCUT2D eigenvalue weighted by molar-refractivity contribution is -0.131. The van der Waals surface area contributed by atoms with Gasteiger partial charge in [-0.2, -0.15) is 5.26 Å². The average molecular weight is 407 g/mol. The summed E-state index contributed by atoms with van der Waals surface area (Å²) in [4.78, 5) is 29.5. The Balaban J connectivity index is 1.62. The van der Waals surface area contributed by atoms with Crippen LogP contribution in [0.1, 0.15) is 26.2 Å². The lowest BCUT2D eigenvalue weighted by Gasteiger charge is -2.39. The maximum Gasteiger partial charge on any atom is 0.236 e. The van der Waals surface area contributed by atoms with E-state index in [9.17, 15) is 9.18 Å². The van der Waals surface area contributed by atoms with Gasteiger partial charge in [0.05, 0.1) is 12.3 Å². The Kier molecular flexibility index (Phi) is 5.57. The first-order chi connectivity index (χ1) is 14.6. The third-order valence-corrected chi connectivity index (χ3v) is 5.39. The van der Waals surface area contributed by atoms with Crippen LogP contribution in [-0.4, -0.2) is 55.8 Å². The first-order valence-corrected chi connectivity index (χ1v) is 9.98. The summed E-state index contributed by atoms with van der Waals surface area (Å²) in [5.74, 6) is 0.706. The van der Waals surface area contributed by atoms with Gasteiger partial charge < -0.3 is 9.80 Å². The van der Waals surface area contributed by atoms with E-state index in [1.54, 1.807) is 27.8 Å². The number of fused-ring (bicyclic) bond motifs is 1. The smallest absolute Gasteiger partial charge is 0.236 e. The minimum absolute atomic E-state index is 0.0959. The van der Waals surface area contributed by atoms with E-state index >= 15 is 0 Å². The SMILES string of the molecule is CCN(c1ccnc(-c2cnc3ccc(F)cn23)n1)C1CCCN(C(=O)CC#N)C1. The number of likely N-dealkylation sites (N-methyl/N-ethyl adjacent to an activating group) is 1. The number of nitriles is 1. The molecule has 0 saturated carbocycles. The van der Waals surface area contributed by atoms with Crippen LogP contribution in [0.25, 0.3) is 17.2 Å². The second-order valence-electron chi connectivity index (χ2n) is 7.21. The van der Waals surface area contributed by atoms with Crippen molar-refractivity contribution < 1.29 is 9.18 Å². The molecule has 1 fully saturated rings. The van der Waals surface area contributed by atoms with Crippen LogP contribution in [0.2, 0.25) is 0 Å². The van der Waals surface area contributed by atoms with Gasteiger partial charge in [-0.25, -0.2) is 19.3 Å². The Morgan fingerprint density at radius 3 is 3.03 bits per heavy atom. The van der Waals surface area contributed by atoms with Crippen LogP contribution in [0.15, 0.2) is 36.8 Å². The van der Waals surface area contributed by atoms with Gasteiger partial charge in [0.1, 0.15) is 29.4 Å². The summed E-state index contributed by atoms with van der Waals surface area (Å²) in [7, 11) is 0. The van der Waals surface area contributed by atoms with Crippen molar-refractivity contribution in [3.8, 4) is 17.6 Å². The monoisotopic (exact) mass is 407 g/mol. The number of pyridine rings is 1. The number of piperidine rings is 1. The first kappa shape index (κ1) is 19.8. The van der Waals surface area contributed by atoms with E-state index in [2.05, 4.69) is 14.9 Å². The van der Waals surface area contributed by atoms with Crippen LogP contribution in [0, 0.1) is 17.1 Å². The number of carbonyl (C=O) groups excluding carboxylic acids is 1. The molecular formula is C21H22FN7O. The van der Waals surface area contributed by atoms with E-state index in [4.69, 9.17) is 10.2 Å². The third kappa shape index (κ3) is 3.81. The number of halogens is 1. The molecular weight excluding hydrogens is 385 g/mol. The Labute approximate surface area is 173 Å². The van der Waals surface area contributed by atoms with Crippen LogP contribution in [0.3, 0.4) is 0 Å². The van der Waals surface area contributed by atoms with Gasteiger partial charge in [-0.15, -0.1) is 0 Å². The highest BCUT2D eigenvalue weighted by Gasteiger charge is 2.28. The van der Waals surface area contributed by atoms with Crippen LogP contribution in [0.5, 0.6) is 0 Å². The molecule has 4 heterocycles. The molecule has 1 saturated heterocycles. The summed E-state index contributed by atoms with van der Waals surface area (Å²) in [5, 5.41) is 8.82. The molecule has 30 heavy (non-hydrogen) atoms. The van der Waals surface area contributed by atoms with Gasteiger partial charge in [0.25, 0.3) is 0 Å². The fourth-order valence-electron chi connectivity index (χ4n) is 3.97. The number of amides is 1. The number of anilines is 1. The Bertz CT molecular complexity index is 1110. The molecule has 1 amide bonds. The van der Waals surface area contributed by atoms with Gasteiger partial charge in [-0.1, -0.05) is 0 Å². The highest BCUT2D eigenvalue weighted by atomic mass is 19.1. The molecule has 4 rings (SSSR count). The molecule has 3 aromatic rings. The second-order valence-corrected chi connectivity index (χ2v) is 7.21. The number of aromatic nitrogens is 4. The lowest BCUT2D eigenvalue weighted by Crippen LogP contribution is -2.50. The van der Waals surface area contributed by atoms with Gasteiger partial charge in [0.2, 0.25) is 5.91 Å². The number of likely N-dealkylation sites (tertiary alicyclic amines) is 1. The minimum Gasteiger partial charge on any atom is -0.352 e. The standard InChI is InChI=1S/C21H22FN7O/c1-2-28(16-4-3-11-27(14-16)20(30)7-9-23)19-8-10-24-21(26-19)17-12-25-18-6-5-15(22)13-29(17)18/h5-6,8,10,12-13,16H,2-4,7,11,14H2,1H3. The van der Waals surface area contributed by atoms with Crippen LogP contribution < -0.4 is 4.90 Å². The molecule has 0 bridgehead atoms. The normalized spacial score (nSPS) is 16.4. The average Bonchev–Trinajstić information content (AvgIpc) is 3.18. The molecule has 0 radical (unpaired) electrons. The van der Waals surface area contributed by atoms with E-state index in [1.165, 1.54) is 12.3 Å². The zero-order chi connectivity index (χ0) is 21.1. The maximum atomic E-state index is 13.7. The van der Waals surface area contributed by atoms with E-state index < -0.39 is 0 Å². The van der Waals surface area contributed by atoms with Gasteiger partial charge in [-0.3, -0.25) is 9.20 Å². The fourth-order valence-corrected chi connectivity index (χ4v) is 3.97. The molecule has 1 unspecified atom stereocenters.